The van der Waals surface area contributed by atoms with Crippen LogP contribution in [0, 0.1) is 0 Å². The minimum atomic E-state index is -1.78. The summed E-state index contributed by atoms with van der Waals surface area (Å²) in [6, 6.07) is 4.73. The number of ether oxygens (including phenoxy) is 1. The van der Waals surface area contributed by atoms with Crippen molar-refractivity contribution in [2.45, 2.75) is 25.0 Å². The molecular formula is C21H21N3O10S. The quantitative estimate of drug-likeness (QED) is 0.249. The van der Waals surface area contributed by atoms with Crippen LogP contribution in [-0.4, -0.2) is 69.5 Å². The number of hydrogen-bond acceptors (Lipinski definition) is 8. The van der Waals surface area contributed by atoms with Gasteiger partial charge in [-0.3, -0.25) is 9.59 Å². The van der Waals surface area contributed by atoms with E-state index in [1.165, 1.54) is 12.1 Å². The summed E-state index contributed by atoms with van der Waals surface area (Å²) in [7, 11) is 0. The van der Waals surface area contributed by atoms with Gasteiger partial charge in [-0.1, -0.05) is 12.1 Å². The average Bonchev–Trinajstić information content (AvgIpc) is 3.16. The van der Waals surface area contributed by atoms with E-state index < -0.39 is 42.0 Å². The normalized spacial score (nSPS) is 15.4. The molecule has 0 saturated heterocycles. The summed E-state index contributed by atoms with van der Waals surface area (Å²) in [5.74, 6) is -5.17. The Kier molecular flexibility index (Phi) is 7.88. The summed E-state index contributed by atoms with van der Waals surface area (Å²) in [5, 5.41) is 43.6. The highest BCUT2D eigenvalue weighted by Crippen LogP contribution is 2.41. The molecule has 1 unspecified atom stereocenters. The molecule has 1 aromatic carbocycles. The van der Waals surface area contributed by atoms with E-state index in [9.17, 15) is 34.2 Å². The molecule has 0 bridgehead atoms. The lowest BCUT2D eigenvalue weighted by atomic mass is 10.0. The van der Waals surface area contributed by atoms with E-state index in [1.807, 2.05) is 0 Å². The predicted octanol–water partition coefficient (Wildman–Crippen LogP) is 0.784. The van der Waals surface area contributed by atoms with E-state index in [4.69, 9.17) is 14.9 Å². The standard InChI is InChI=1S/C21H21N3O10S/c25-10-3-1-9(2-4-10)7-12(23-21(32)33)16(26)22-8-13-15-11(5-6-34-13)14(19(28)29)18(35-15)24-17(27)20(30)31/h1-4,12-13,23,25H,5-8H2,(H,22,26)(H,24,27)(H,28,29)(H,30,31)(H,32,33)/t12-,13?/m1/s1. The molecule has 2 aromatic rings. The molecule has 3 rings (SSSR count). The Balaban J connectivity index is 1.76. The molecule has 0 radical (unpaired) electrons. The van der Waals surface area contributed by atoms with Gasteiger partial charge in [0, 0.05) is 17.8 Å². The van der Waals surface area contributed by atoms with Gasteiger partial charge in [0.2, 0.25) is 5.91 Å². The Hall–Kier alpha value is -4.17. The molecule has 3 amide bonds. The lowest BCUT2D eigenvalue weighted by Crippen LogP contribution is -2.48. The number of fused-ring (bicyclic) bond motifs is 1. The van der Waals surface area contributed by atoms with Crippen molar-refractivity contribution in [3.63, 3.8) is 0 Å². The van der Waals surface area contributed by atoms with Crippen molar-refractivity contribution in [3.05, 3.63) is 45.8 Å². The Morgan fingerprint density at radius 3 is 2.37 bits per heavy atom. The first-order valence-corrected chi connectivity index (χ1v) is 11.0. The zero-order valence-corrected chi connectivity index (χ0v) is 18.8. The van der Waals surface area contributed by atoms with Crippen molar-refractivity contribution in [1.29, 1.82) is 0 Å². The molecule has 0 saturated carbocycles. The minimum absolute atomic E-state index is 0.00270. The number of carbonyl (C=O) groups is 5. The fourth-order valence-corrected chi connectivity index (χ4v) is 4.82. The number of aromatic hydroxyl groups is 1. The third kappa shape index (κ3) is 6.24. The van der Waals surface area contributed by atoms with Crippen LogP contribution in [0.25, 0.3) is 0 Å². The van der Waals surface area contributed by atoms with Crippen LogP contribution >= 0.6 is 11.3 Å². The van der Waals surface area contributed by atoms with Crippen molar-refractivity contribution in [2.75, 3.05) is 18.5 Å². The summed E-state index contributed by atoms with van der Waals surface area (Å²) >= 11 is 0.833. The number of carboxylic acids is 2. The summed E-state index contributed by atoms with van der Waals surface area (Å²) in [6.45, 7) is -0.0215. The van der Waals surface area contributed by atoms with Crippen molar-refractivity contribution >= 4 is 46.2 Å². The van der Waals surface area contributed by atoms with Crippen LogP contribution in [0.4, 0.5) is 9.80 Å². The SMILES string of the molecule is O=C(O)N[C@H](Cc1ccc(O)cc1)C(=O)NCC1OCCc2c1sc(NC(=O)C(=O)O)c2C(=O)O. The third-order valence-electron chi connectivity index (χ3n) is 5.09. The first-order valence-electron chi connectivity index (χ1n) is 10.2. The third-order valence-corrected chi connectivity index (χ3v) is 6.33. The van der Waals surface area contributed by atoms with Gasteiger partial charge in [0.05, 0.1) is 12.2 Å². The second kappa shape index (κ2) is 10.8. The highest BCUT2D eigenvalue weighted by molar-refractivity contribution is 7.17. The second-order valence-corrected chi connectivity index (χ2v) is 8.49. The number of rotatable bonds is 8. The fourth-order valence-electron chi connectivity index (χ4n) is 3.53. The fraction of sp³-hybridized carbons (Fsp3) is 0.286. The maximum atomic E-state index is 12.8. The monoisotopic (exact) mass is 507 g/mol. The number of carboxylic acid groups (broad SMARTS) is 3. The molecule has 1 aliphatic rings. The smallest absolute Gasteiger partial charge is 0.405 e. The number of amides is 3. The molecule has 2 atom stereocenters. The average molecular weight is 507 g/mol. The number of phenols is 1. The topological polar surface area (TPSA) is 212 Å². The number of phenolic OH excluding ortho intramolecular Hbond substituents is 1. The van der Waals surface area contributed by atoms with Gasteiger partial charge in [0.1, 0.15) is 22.9 Å². The molecule has 0 spiro atoms. The van der Waals surface area contributed by atoms with Crippen molar-refractivity contribution in [1.82, 2.24) is 10.6 Å². The second-order valence-electron chi connectivity index (χ2n) is 7.44. The number of aliphatic carboxylic acids is 1. The Morgan fingerprint density at radius 2 is 1.77 bits per heavy atom. The lowest BCUT2D eigenvalue weighted by Gasteiger charge is -2.25. The van der Waals surface area contributed by atoms with Gasteiger partial charge in [0.15, 0.2) is 0 Å². The first-order chi connectivity index (χ1) is 16.6. The predicted molar refractivity (Wildman–Crippen MR) is 120 cm³/mol. The molecule has 13 nitrogen and oxygen atoms in total. The molecule has 7 N–H and O–H groups in total. The molecular weight excluding hydrogens is 486 g/mol. The first kappa shape index (κ1) is 25.5. The molecule has 1 aliphatic heterocycles. The number of thiophene rings is 1. The summed E-state index contributed by atoms with van der Waals surface area (Å²) < 4.78 is 5.66. The molecule has 0 aliphatic carbocycles. The number of anilines is 1. The molecule has 2 heterocycles. The zero-order chi connectivity index (χ0) is 25.7. The van der Waals surface area contributed by atoms with Gasteiger partial charge in [-0.05, 0) is 29.7 Å². The molecule has 1 aromatic heterocycles. The maximum Gasteiger partial charge on any atom is 0.405 e. The van der Waals surface area contributed by atoms with Crippen LogP contribution in [-0.2, 0) is 32.0 Å². The Bertz CT molecular complexity index is 1160. The number of carbonyl (C=O) groups excluding carboxylic acids is 2. The minimum Gasteiger partial charge on any atom is -0.508 e. The van der Waals surface area contributed by atoms with Crippen LogP contribution in [0.3, 0.4) is 0 Å². The number of hydrogen-bond donors (Lipinski definition) is 7. The van der Waals surface area contributed by atoms with E-state index in [1.54, 1.807) is 12.1 Å². The van der Waals surface area contributed by atoms with Crippen LogP contribution < -0.4 is 16.0 Å². The van der Waals surface area contributed by atoms with E-state index in [0.717, 1.165) is 11.3 Å². The highest BCUT2D eigenvalue weighted by atomic mass is 32.1. The summed E-state index contributed by atoms with van der Waals surface area (Å²) in [5.41, 5.74) is 0.714. The number of nitrogens with one attached hydrogen (secondary N) is 3. The van der Waals surface area contributed by atoms with Crippen LogP contribution in [0.2, 0.25) is 0 Å². The molecule has 35 heavy (non-hydrogen) atoms. The molecule has 186 valence electrons. The Labute approximate surface area is 201 Å². The van der Waals surface area contributed by atoms with Gasteiger partial charge in [-0.2, -0.15) is 0 Å². The van der Waals surface area contributed by atoms with Gasteiger partial charge < -0.3 is 41.1 Å². The van der Waals surface area contributed by atoms with Crippen LogP contribution in [0.1, 0.15) is 32.5 Å². The lowest BCUT2D eigenvalue weighted by molar-refractivity contribution is -0.147. The van der Waals surface area contributed by atoms with Gasteiger partial charge in [0.25, 0.3) is 0 Å². The van der Waals surface area contributed by atoms with Crippen LogP contribution in [0.15, 0.2) is 24.3 Å². The van der Waals surface area contributed by atoms with Crippen molar-refractivity contribution < 1.29 is 49.1 Å². The van der Waals surface area contributed by atoms with Gasteiger partial charge in [-0.25, -0.2) is 14.4 Å². The van der Waals surface area contributed by atoms with Crippen LogP contribution in [0.5, 0.6) is 5.75 Å². The molecule has 0 fully saturated rings. The Morgan fingerprint density at radius 1 is 1.09 bits per heavy atom. The van der Waals surface area contributed by atoms with Gasteiger partial charge in [-0.15, -0.1) is 11.3 Å². The summed E-state index contributed by atoms with van der Waals surface area (Å²) in [6.07, 6.45) is -2.02. The van der Waals surface area contributed by atoms with E-state index >= 15 is 0 Å². The van der Waals surface area contributed by atoms with E-state index in [2.05, 4.69) is 16.0 Å². The zero-order valence-electron chi connectivity index (χ0n) is 17.9. The van der Waals surface area contributed by atoms with Crippen molar-refractivity contribution in [2.24, 2.45) is 0 Å². The largest absolute Gasteiger partial charge is 0.508 e. The highest BCUT2D eigenvalue weighted by Gasteiger charge is 2.33. The van der Waals surface area contributed by atoms with E-state index in [0.29, 0.717) is 16.0 Å². The van der Waals surface area contributed by atoms with Crippen molar-refractivity contribution in [3.8, 4) is 5.75 Å². The summed E-state index contributed by atoms with van der Waals surface area (Å²) in [4.78, 5) is 58.6. The number of benzene rings is 1. The number of aromatic carboxylic acids is 1. The van der Waals surface area contributed by atoms with Gasteiger partial charge >= 0.3 is 23.9 Å². The molecule has 14 heteroatoms. The maximum absolute atomic E-state index is 12.8. The van der Waals surface area contributed by atoms with E-state index in [-0.39, 0.29) is 42.3 Å².